The summed E-state index contributed by atoms with van der Waals surface area (Å²) in [5.41, 5.74) is 1.86. The van der Waals surface area contributed by atoms with Gasteiger partial charge in [0.2, 0.25) is 10.0 Å². The molecule has 0 aliphatic heterocycles. The van der Waals surface area contributed by atoms with Crippen LogP contribution < -0.4 is 15.4 Å². The van der Waals surface area contributed by atoms with Gasteiger partial charge in [-0.1, -0.05) is 44.0 Å². The number of aliphatic imine (C=N–C) groups is 1. The number of rotatable bonds is 10. The van der Waals surface area contributed by atoms with Crippen LogP contribution in [0.15, 0.2) is 29.3 Å². The zero-order valence-electron chi connectivity index (χ0n) is 15.8. The smallest absolute Gasteiger partial charge is 0.216 e. The van der Waals surface area contributed by atoms with Gasteiger partial charge in [0.15, 0.2) is 5.96 Å². The first-order valence-electron chi connectivity index (χ1n) is 8.88. The summed E-state index contributed by atoms with van der Waals surface area (Å²) in [4.78, 5) is 4.20. The van der Waals surface area contributed by atoms with Crippen molar-refractivity contribution in [2.24, 2.45) is 4.99 Å². The van der Waals surface area contributed by atoms with Crippen LogP contribution in [0, 0.1) is 0 Å². The molecule has 0 saturated carbocycles. The van der Waals surface area contributed by atoms with E-state index >= 15 is 0 Å². The van der Waals surface area contributed by atoms with Gasteiger partial charge in [-0.15, -0.1) is 0 Å². The molecule has 1 aromatic carbocycles. The molecule has 0 aromatic heterocycles. The van der Waals surface area contributed by atoms with Crippen molar-refractivity contribution in [2.75, 3.05) is 13.6 Å². The molecular formula is C18H32N4O2S. The van der Waals surface area contributed by atoms with Gasteiger partial charge < -0.3 is 10.6 Å². The first-order chi connectivity index (χ1) is 11.9. The first kappa shape index (κ1) is 21.4. The highest BCUT2D eigenvalue weighted by Gasteiger charge is 2.12. The molecule has 0 atom stereocenters. The largest absolute Gasteiger partial charge is 0.356 e. The lowest BCUT2D eigenvalue weighted by Gasteiger charge is -2.12. The summed E-state index contributed by atoms with van der Waals surface area (Å²) in [6.45, 7) is 7.36. The molecule has 0 heterocycles. The molecule has 0 fully saturated rings. The highest BCUT2D eigenvalue weighted by Crippen LogP contribution is 2.08. The van der Waals surface area contributed by atoms with E-state index in [2.05, 4.69) is 27.3 Å². The van der Waals surface area contributed by atoms with Crippen molar-refractivity contribution in [3.8, 4) is 0 Å². The standard InChI is InChI=1S/C18H32N4O2S/c1-5-6-7-12-20-18(19-4)21-13-16-8-10-17(11-9-16)14-25(23,24)22-15(2)3/h8-11,15,22H,5-7,12-14H2,1-4H3,(H2,19,20,21). The molecule has 1 aromatic rings. The summed E-state index contributed by atoms with van der Waals surface area (Å²) in [6, 6.07) is 7.50. The third-order valence-electron chi connectivity index (χ3n) is 3.55. The molecular weight excluding hydrogens is 336 g/mol. The average molecular weight is 369 g/mol. The predicted octanol–water partition coefficient (Wildman–Crippen LogP) is 2.37. The van der Waals surface area contributed by atoms with E-state index in [1.807, 2.05) is 38.1 Å². The van der Waals surface area contributed by atoms with Gasteiger partial charge in [-0.2, -0.15) is 0 Å². The fourth-order valence-corrected chi connectivity index (χ4v) is 3.79. The second-order valence-electron chi connectivity index (χ2n) is 6.41. The molecule has 6 nitrogen and oxygen atoms in total. The molecule has 0 radical (unpaired) electrons. The molecule has 0 saturated heterocycles. The quantitative estimate of drug-likeness (QED) is 0.336. The van der Waals surface area contributed by atoms with E-state index in [1.54, 1.807) is 7.05 Å². The van der Waals surface area contributed by atoms with Gasteiger partial charge in [0, 0.05) is 26.2 Å². The van der Waals surface area contributed by atoms with Gasteiger partial charge in [0.1, 0.15) is 0 Å². The van der Waals surface area contributed by atoms with E-state index in [1.165, 1.54) is 12.8 Å². The van der Waals surface area contributed by atoms with E-state index in [9.17, 15) is 8.42 Å². The van der Waals surface area contributed by atoms with Gasteiger partial charge in [-0.3, -0.25) is 4.99 Å². The zero-order chi connectivity index (χ0) is 18.7. The van der Waals surface area contributed by atoms with Gasteiger partial charge in [0.25, 0.3) is 0 Å². The van der Waals surface area contributed by atoms with E-state index in [0.29, 0.717) is 6.54 Å². The van der Waals surface area contributed by atoms with Crippen molar-refractivity contribution in [3.63, 3.8) is 0 Å². The monoisotopic (exact) mass is 368 g/mol. The predicted molar refractivity (Wildman–Crippen MR) is 105 cm³/mol. The van der Waals surface area contributed by atoms with E-state index in [0.717, 1.165) is 30.1 Å². The normalized spacial score (nSPS) is 12.4. The summed E-state index contributed by atoms with van der Waals surface area (Å²) < 4.78 is 26.5. The SMILES string of the molecule is CCCCCNC(=NC)NCc1ccc(CS(=O)(=O)NC(C)C)cc1. The maximum absolute atomic E-state index is 11.9. The van der Waals surface area contributed by atoms with Crippen molar-refractivity contribution in [3.05, 3.63) is 35.4 Å². The highest BCUT2D eigenvalue weighted by atomic mass is 32.2. The fourth-order valence-electron chi connectivity index (χ4n) is 2.36. The second kappa shape index (κ2) is 11.1. The summed E-state index contributed by atoms with van der Waals surface area (Å²) >= 11 is 0. The Hall–Kier alpha value is -1.60. The van der Waals surface area contributed by atoms with E-state index in [4.69, 9.17) is 0 Å². The highest BCUT2D eigenvalue weighted by molar-refractivity contribution is 7.88. The Morgan fingerprint density at radius 2 is 1.72 bits per heavy atom. The lowest BCUT2D eigenvalue weighted by molar-refractivity contribution is 0.569. The molecule has 0 bridgehead atoms. The minimum atomic E-state index is -3.29. The van der Waals surface area contributed by atoms with Crippen LogP contribution in [0.1, 0.15) is 51.2 Å². The Bertz CT molecular complexity index is 625. The number of hydrogen-bond donors (Lipinski definition) is 3. The Morgan fingerprint density at radius 3 is 2.28 bits per heavy atom. The molecule has 0 unspecified atom stereocenters. The van der Waals surface area contributed by atoms with Crippen LogP contribution in [0.5, 0.6) is 0 Å². The second-order valence-corrected chi connectivity index (χ2v) is 8.16. The summed E-state index contributed by atoms with van der Waals surface area (Å²) in [6.07, 6.45) is 3.54. The molecule has 3 N–H and O–H groups in total. The number of unbranched alkanes of at least 4 members (excludes halogenated alkanes) is 2. The van der Waals surface area contributed by atoms with E-state index < -0.39 is 10.0 Å². The minimum Gasteiger partial charge on any atom is -0.356 e. The van der Waals surface area contributed by atoms with Gasteiger partial charge in [-0.25, -0.2) is 13.1 Å². The lowest BCUT2D eigenvalue weighted by atomic mass is 10.1. The molecule has 1 rings (SSSR count). The molecule has 0 aliphatic rings. The van der Waals surface area contributed by atoms with Gasteiger partial charge >= 0.3 is 0 Å². The molecule has 7 heteroatoms. The maximum atomic E-state index is 11.9. The topological polar surface area (TPSA) is 82.6 Å². The Balaban J connectivity index is 2.48. The van der Waals surface area contributed by atoms with Crippen molar-refractivity contribution in [1.29, 1.82) is 0 Å². The Morgan fingerprint density at radius 1 is 1.08 bits per heavy atom. The van der Waals surface area contributed by atoms with Crippen molar-refractivity contribution in [1.82, 2.24) is 15.4 Å². The van der Waals surface area contributed by atoms with Crippen LogP contribution in [-0.4, -0.2) is 34.0 Å². The summed E-state index contributed by atoms with van der Waals surface area (Å²) in [5.74, 6) is 0.781. The Labute approximate surface area is 152 Å². The number of nitrogens with one attached hydrogen (secondary N) is 3. The zero-order valence-corrected chi connectivity index (χ0v) is 16.6. The molecule has 0 aliphatic carbocycles. The number of nitrogens with zero attached hydrogens (tertiary/aromatic N) is 1. The average Bonchev–Trinajstić information content (AvgIpc) is 2.54. The fraction of sp³-hybridized carbons (Fsp3) is 0.611. The third kappa shape index (κ3) is 9.45. The third-order valence-corrected chi connectivity index (χ3v) is 5.10. The van der Waals surface area contributed by atoms with Gasteiger partial charge in [0.05, 0.1) is 5.75 Å². The summed E-state index contributed by atoms with van der Waals surface area (Å²) in [5, 5.41) is 6.55. The molecule has 0 amide bonds. The van der Waals surface area contributed by atoms with Crippen LogP contribution in [0.3, 0.4) is 0 Å². The lowest BCUT2D eigenvalue weighted by Crippen LogP contribution is -2.37. The van der Waals surface area contributed by atoms with Crippen LogP contribution in [-0.2, 0) is 22.3 Å². The molecule has 142 valence electrons. The minimum absolute atomic E-state index is 0.000455. The molecule has 25 heavy (non-hydrogen) atoms. The maximum Gasteiger partial charge on any atom is 0.216 e. The number of sulfonamides is 1. The van der Waals surface area contributed by atoms with Crippen LogP contribution in [0.2, 0.25) is 0 Å². The Kier molecular flexibility index (Phi) is 9.52. The van der Waals surface area contributed by atoms with Crippen molar-refractivity contribution in [2.45, 2.75) is 58.4 Å². The van der Waals surface area contributed by atoms with Crippen LogP contribution in [0.4, 0.5) is 0 Å². The van der Waals surface area contributed by atoms with Crippen LogP contribution >= 0.6 is 0 Å². The van der Waals surface area contributed by atoms with Crippen molar-refractivity contribution < 1.29 is 8.42 Å². The van der Waals surface area contributed by atoms with Crippen LogP contribution in [0.25, 0.3) is 0 Å². The first-order valence-corrected chi connectivity index (χ1v) is 10.5. The number of guanidine groups is 1. The van der Waals surface area contributed by atoms with E-state index in [-0.39, 0.29) is 11.8 Å². The van der Waals surface area contributed by atoms with Gasteiger partial charge in [-0.05, 0) is 31.4 Å². The number of benzene rings is 1. The summed E-state index contributed by atoms with van der Waals surface area (Å²) in [7, 11) is -1.53. The van der Waals surface area contributed by atoms with Crippen molar-refractivity contribution >= 4 is 16.0 Å². The molecule has 0 spiro atoms. The number of hydrogen-bond acceptors (Lipinski definition) is 3.